The van der Waals surface area contributed by atoms with Crippen LogP contribution in [0.5, 0.6) is 0 Å². The van der Waals surface area contributed by atoms with E-state index in [9.17, 15) is 23.9 Å². The van der Waals surface area contributed by atoms with Gasteiger partial charge in [0.1, 0.15) is 11.9 Å². The minimum Gasteiger partial charge on any atom is -0.480 e. The number of nitrogens with one attached hydrogen (secondary N) is 1. The lowest BCUT2D eigenvalue weighted by Crippen LogP contribution is -2.53. The molecule has 0 saturated carbocycles. The third kappa shape index (κ3) is 3.33. The number of piperidine rings is 1. The van der Waals surface area contributed by atoms with Gasteiger partial charge in [-0.3, -0.25) is 9.59 Å². The Hall–Kier alpha value is -2.44. The predicted molar refractivity (Wildman–Crippen MR) is 80.4 cm³/mol. The summed E-state index contributed by atoms with van der Waals surface area (Å²) >= 11 is 0. The summed E-state index contributed by atoms with van der Waals surface area (Å²) in [7, 11) is 1.48. The number of carboxylic acid groups (broad SMARTS) is 1. The van der Waals surface area contributed by atoms with E-state index in [4.69, 9.17) is 0 Å². The molecular weight excluding hydrogens is 303 g/mol. The first-order valence-corrected chi connectivity index (χ1v) is 7.37. The van der Waals surface area contributed by atoms with Crippen LogP contribution < -0.4 is 5.32 Å². The number of carbonyl (C=O) groups is 3. The van der Waals surface area contributed by atoms with Gasteiger partial charge in [-0.2, -0.15) is 0 Å². The van der Waals surface area contributed by atoms with Gasteiger partial charge in [0, 0.05) is 13.6 Å². The van der Waals surface area contributed by atoms with Crippen molar-refractivity contribution in [3.63, 3.8) is 0 Å². The van der Waals surface area contributed by atoms with Crippen LogP contribution in [0.2, 0.25) is 0 Å². The number of rotatable bonds is 3. The molecule has 6 nitrogen and oxygen atoms in total. The van der Waals surface area contributed by atoms with E-state index in [1.807, 2.05) is 0 Å². The lowest BCUT2D eigenvalue weighted by Gasteiger charge is -2.36. The SMILES string of the molecule is CNC(=O)[C@H]1CC[C@@H](C(=O)O)N(C(=O)c2cccc(C)c2F)C1. The molecule has 0 bridgehead atoms. The first-order valence-electron chi connectivity index (χ1n) is 7.37. The fourth-order valence-electron chi connectivity index (χ4n) is 2.84. The molecule has 0 unspecified atom stereocenters. The number of carbonyl (C=O) groups excluding carboxylic acids is 2. The second-order valence-corrected chi connectivity index (χ2v) is 5.64. The summed E-state index contributed by atoms with van der Waals surface area (Å²) in [6.07, 6.45) is 0.531. The van der Waals surface area contributed by atoms with Gasteiger partial charge in [0.15, 0.2) is 0 Å². The maximum Gasteiger partial charge on any atom is 0.326 e. The van der Waals surface area contributed by atoms with Crippen molar-refractivity contribution in [2.24, 2.45) is 5.92 Å². The zero-order valence-electron chi connectivity index (χ0n) is 13.0. The van der Waals surface area contributed by atoms with E-state index in [1.165, 1.54) is 26.1 Å². The summed E-state index contributed by atoms with van der Waals surface area (Å²) in [5.41, 5.74) is 0.136. The molecule has 0 aromatic heterocycles. The molecule has 1 saturated heterocycles. The second kappa shape index (κ2) is 6.76. The van der Waals surface area contributed by atoms with Gasteiger partial charge in [0.05, 0.1) is 11.5 Å². The average molecular weight is 322 g/mol. The number of aliphatic carboxylic acids is 1. The van der Waals surface area contributed by atoms with Crippen molar-refractivity contribution in [3.8, 4) is 0 Å². The number of benzene rings is 1. The van der Waals surface area contributed by atoms with Gasteiger partial charge < -0.3 is 15.3 Å². The lowest BCUT2D eigenvalue weighted by atomic mass is 9.91. The molecule has 1 heterocycles. The van der Waals surface area contributed by atoms with Crippen molar-refractivity contribution in [2.45, 2.75) is 25.8 Å². The number of likely N-dealkylation sites (tertiary alicyclic amines) is 1. The van der Waals surface area contributed by atoms with Gasteiger partial charge in [0.2, 0.25) is 5.91 Å². The van der Waals surface area contributed by atoms with Crippen LogP contribution in [0.4, 0.5) is 4.39 Å². The van der Waals surface area contributed by atoms with Crippen LogP contribution in [-0.2, 0) is 9.59 Å². The molecule has 1 aliphatic rings. The Morgan fingerprint density at radius 2 is 2.00 bits per heavy atom. The molecule has 124 valence electrons. The number of hydrogen-bond acceptors (Lipinski definition) is 3. The highest BCUT2D eigenvalue weighted by atomic mass is 19.1. The zero-order chi connectivity index (χ0) is 17.1. The number of halogens is 1. The van der Waals surface area contributed by atoms with Crippen LogP contribution >= 0.6 is 0 Å². The molecular formula is C16H19FN2O4. The number of aryl methyl sites for hydroxylation is 1. The number of carboxylic acids is 1. The van der Waals surface area contributed by atoms with Crippen molar-refractivity contribution >= 4 is 17.8 Å². The Bertz CT molecular complexity index is 647. The minimum absolute atomic E-state index is 0.0388. The molecule has 7 heteroatoms. The lowest BCUT2D eigenvalue weighted by molar-refractivity contribution is -0.145. The van der Waals surface area contributed by atoms with Crippen LogP contribution in [-0.4, -0.2) is 47.4 Å². The van der Waals surface area contributed by atoms with Crippen molar-refractivity contribution in [1.29, 1.82) is 0 Å². The summed E-state index contributed by atoms with van der Waals surface area (Å²) in [4.78, 5) is 36.9. The first-order chi connectivity index (χ1) is 10.9. The number of nitrogens with zero attached hydrogens (tertiary/aromatic N) is 1. The normalized spacial score (nSPS) is 20.9. The Morgan fingerprint density at radius 3 is 2.61 bits per heavy atom. The molecule has 2 amide bonds. The Labute approximate surface area is 133 Å². The maximum absolute atomic E-state index is 14.2. The smallest absolute Gasteiger partial charge is 0.326 e. The Balaban J connectivity index is 2.34. The summed E-state index contributed by atoms with van der Waals surface area (Å²) < 4.78 is 14.2. The van der Waals surface area contributed by atoms with E-state index in [-0.39, 0.29) is 24.4 Å². The third-order valence-electron chi connectivity index (χ3n) is 4.17. The highest BCUT2D eigenvalue weighted by molar-refractivity contribution is 5.97. The van der Waals surface area contributed by atoms with E-state index < -0.39 is 29.7 Å². The molecule has 1 aromatic carbocycles. The summed E-state index contributed by atoms with van der Waals surface area (Å²) in [6, 6.07) is 3.35. The number of hydrogen-bond donors (Lipinski definition) is 2. The fraction of sp³-hybridized carbons (Fsp3) is 0.438. The molecule has 0 aliphatic carbocycles. The van der Waals surface area contributed by atoms with Gasteiger partial charge in [-0.05, 0) is 31.4 Å². The monoisotopic (exact) mass is 322 g/mol. The average Bonchev–Trinajstić information content (AvgIpc) is 2.55. The summed E-state index contributed by atoms with van der Waals surface area (Å²) in [5, 5.41) is 11.8. The highest BCUT2D eigenvalue weighted by Gasteiger charge is 2.39. The Kier molecular flexibility index (Phi) is 4.98. The molecule has 2 atom stereocenters. The molecule has 1 aromatic rings. The number of amides is 2. The van der Waals surface area contributed by atoms with E-state index in [1.54, 1.807) is 6.07 Å². The largest absolute Gasteiger partial charge is 0.480 e. The molecule has 0 radical (unpaired) electrons. The van der Waals surface area contributed by atoms with Crippen LogP contribution in [0.3, 0.4) is 0 Å². The Morgan fingerprint density at radius 1 is 1.30 bits per heavy atom. The maximum atomic E-state index is 14.2. The topological polar surface area (TPSA) is 86.7 Å². The van der Waals surface area contributed by atoms with Crippen LogP contribution in [0.15, 0.2) is 18.2 Å². The van der Waals surface area contributed by atoms with Gasteiger partial charge in [-0.1, -0.05) is 12.1 Å². The van der Waals surface area contributed by atoms with Crippen molar-refractivity contribution in [1.82, 2.24) is 10.2 Å². The quantitative estimate of drug-likeness (QED) is 0.875. The molecule has 2 rings (SSSR count). The first kappa shape index (κ1) is 16.9. The minimum atomic E-state index is -1.15. The van der Waals surface area contributed by atoms with Crippen molar-refractivity contribution < 1.29 is 23.9 Å². The third-order valence-corrected chi connectivity index (χ3v) is 4.17. The van der Waals surface area contributed by atoms with E-state index in [0.717, 1.165) is 4.90 Å². The highest BCUT2D eigenvalue weighted by Crippen LogP contribution is 2.25. The van der Waals surface area contributed by atoms with E-state index in [2.05, 4.69) is 5.32 Å². The summed E-state index contributed by atoms with van der Waals surface area (Å²) in [6.45, 7) is 1.49. The van der Waals surface area contributed by atoms with Crippen molar-refractivity contribution in [3.05, 3.63) is 35.1 Å². The summed E-state index contributed by atoms with van der Waals surface area (Å²) in [5.74, 6) is -3.26. The van der Waals surface area contributed by atoms with Gasteiger partial charge in [-0.25, -0.2) is 9.18 Å². The zero-order valence-corrected chi connectivity index (χ0v) is 13.0. The standard InChI is InChI=1S/C16H19FN2O4/c1-9-4-3-5-11(13(9)17)15(21)19-8-10(14(20)18-2)6-7-12(19)16(22)23/h3-5,10,12H,6-8H2,1-2H3,(H,18,20)(H,22,23)/t10-,12-/m0/s1. The molecule has 2 N–H and O–H groups in total. The molecule has 23 heavy (non-hydrogen) atoms. The van der Waals surface area contributed by atoms with Crippen LogP contribution in [0.25, 0.3) is 0 Å². The van der Waals surface area contributed by atoms with Crippen LogP contribution in [0.1, 0.15) is 28.8 Å². The fourth-order valence-corrected chi connectivity index (χ4v) is 2.84. The van der Waals surface area contributed by atoms with E-state index >= 15 is 0 Å². The van der Waals surface area contributed by atoms with Gasteiger partial charge in [-0.15, -0.1) is 0 Å². The molecule has 1 aliphatic heterocycles. The second-order valence-electron chi connectivity index (χ2n) is 5.64. The van der Waals surface area contributed by atoms with Gasteiger partial charge >= 0.3 is 5.97 Å². The predicted octanol–water partition coefficient (Wildman–Crippen LogP) is 1.19. The van der Waals surface area contributed by atoms with E-state index in [0.29, 0.717) is 12.0 Å². The van der Waals surface area contributed by atoms with Gasteiger partial charge in [0.25, 0.3) is 5.91 Å². The van der Waals surface area contributed by atoms with Crippen LogP contribution in [0, 0.1) is 18.7 Å². The van der Waals surface area contributed by atoms with Crippen molar-refractivity contribution in [2.75, 3.05) is 13.6 Å². The molecule has 0 spiro atoms. The molecule has 1 fully saturated rings.